The van der Waals surface area contributed by atoms with Gasteiger partial charge in [0.1, 0.15) is 11.4 Å². The van der Waals surface area contributed by atoms with Crippen LogP contribution in [-0.2, 0) is 36.2 Å². The molecule has 12 nitrogen and oxygen atoms in total. The van der Waals surface area contributed by atoms with E-state index >= 15 is 0 Å². The van der Waals surface area contributed by atoms with Crippen molar-refractivity contribution in [3.05, 3.63) is 69.8 Å². The van der Waals surface area contributed by atoms with E-state index in [1.165, 1.54) is 11.1 Å². The molecule has 8 atom stereocenters. The number of amides is 2. The van der Waals surface area contributed by atoms with Gasteiger partial charge in [-0.2, -0.15) is 0 Å². The van der Waals surface area contributed by atoms with Crippen LogP contribution >= 0.6 is 11.6 Å². The van der Waals surface area contributed by atoms with Crippen LogP contribution in [0.4, 0.5) is 5.69 Å². The van der Waals surface area contributed by atoms with Crippen LogP contribution in [0.2, 0.25) is 5.02 Å². The van der Waals surface area contributed by atoms with Gasteiger partial charge in [-0.05, 0) is 98.2 Å². The van der Waals surface area contributed by atoms with Crippen LogP contribution in [0, 0.1) is 17.3 Å². The Hall–Kier alpha value is -3.49. The number of hydrogen-bond donors (Lipinski definition) is 2. The molecule has 4 heterocycles. The van der Waals surface area contributed by atoms with Gasteiger partial charge in [0.25, 0.3) is 5.91 Å². The number of aryl methyl sites for hydroxylation is 1. The van der Waals surface area contributed by atoms with Gasteiger partial charge in [0, 0.05) is 93.4 Å². The third kappa shape index (κ3) is 7.16. The fourth-order valence-electron chi connectivity index (χ4n) is 11.1. The SMILES string of the molecule is CO[C@]1(C=O)/C=C/C[C@H](C)[C@@H](C)S(=O)(=O)NC(=O)c2cc(C3CN(C(C)=O)C[C@@H]4CNCCN34)c3c(c2)N(CC2(C)CC[C@H]21)C[C@@]1(CCCc2cc(Cl)ccc21)CO3. The normalized spacial score (nSPS) is 35.6. The van der Waals surface area contributed by atoms with E-state index in [0.717, 1.165) is 57.0 Å². The molecule has 2 saturated heterocycles. The van der Waals surface area contributed by atoms with E-state index in [0.29, 0.717) is 62.2 Å². The van der Waals surface area contributed by atoms with E-state index in [2.05, 4.69) is 38.9 Å². The predicted octanol–water partition coefficient (Wildman–Crippen LogP) is 5.03. The van der Waals surface area contributed by atoms with Crippen molar-refractivity contribution in [3.63, 3.8) is 0 Å². The molecule has 2 aromatic carbocycles. The maximum absolute atomic E-state index is 14.5. The molecule has 4 aliphatic heterocycles. The molecule has 2 unspecified atom stereocenters. The van der Waals surface area contributed by atoms with Crippen LogP contribution in [0.5, 0.6) is 5.75 Å². The van der Waals surface area contributed by atoms with Crippen LogP contribution in [0.1, 0.15) is 92.9 Å². The third-order valence-corrected chi connectivity index (χ3v) is 16.9. The average molecular weight is 836 g/mol. The summed E-state index contributed by atoms with van der Waals surface area (Å²) in [5.41, 5.74) is 2.02. The molecule has 3 fully saturated rings. The minimum Gasteiger partial charge on any atom is -0.490 e. The smallest absolute Gasteiger partial charge is 0.264 e. The number of methoxy groups -OCH3 is 1. The second kappa shape index (κ2) is 15.5. The molecule has 2 aromatic rings. The van der Waals surface area contributed by atoms with Gasteiger partial charge in [-0.3, -0.25) is 19.3 Å². The number of fused-ring (bicyclic) bond motifs is 5. The van der Waals surface area contributed by atoms with Crippen molar-refractivity contribution >= 4 is 45.4 Å². The van der Waals surface area contributed by atoms with Gasteiger partial charge in [-0.15, -0.1) is 0 Å². The fourth-order valence-corrected chi connectivity index (χ4v) is 12.5. The summed E-state index contributed by atoms with van der Waals surface area (Å²) in [4.78, 5) is 47.4. The molecular formula is C44H58ClN5O7S. The summed E-state index contributed by atoms with van der Waals surface area (Å²) in [6.45, 7) is 11.9. The Kier molecular flexibility index (Phi) is 11.0. The number of nitrogens with zero attached hydrogens (tertiary/aromatic N) is 3. The zero-order valence-corrected chi connectivity index (χ0v) is 36.0. The predicted molar refractivity (Wildman–Crippen MR) is 224 cm³/mol. The topological polar surface area (TPSA) is 138 Å². The van der Waals surface area contributed by atoms with E-state index in [9.17, 15) is 22.8 Å². The number of piperazine rings is 2. The lowest BCUT2D eigenvalue weighted by Crippen LogP contribution is -2.62. The van der Waals surface area contributed by atoms with Gasteiger partial charge >= 0.3 is 0 Å². The number of ether oxygens (including phenoxy) is 2. The monoisotopic (exact) mass is 835 g/mol. The zero-order valence-electron chi connectivity index (χ0n) is 34.4. The highest BCUT2D eigenvalue weighted by Gasteiger charge is 2.56. The van der Waals surface area contributed by atoms with Crippen molar-refractivity contribution in [2.75, 3.05) is 64.4 Å². The first-order chi connectivity index (χ1) is 27.6. The number of carbonyl (C=O) groups is 3. The molecule has 6 aliphatic rings. The maximum atomic E-state index is 14.5. The Balaban J connectivity index is 1.35. The number of rotatable bonds is 3. The highest BCUT2D eigenvalue weighted by Crippen LogP contribution is 2.56. The van der Waals surface area contributed by atoms with Crippen LogP contribution in [-0.4, -0.2) is 113 Å². The van der Waals surface area contributed by atoms with Crippen molar-refractivity contribution in [2.45, 2.75) is 94.6 Å². The quantitative estimate of drug-likeness (QED) is 0.320. The van der Waals surface area contributed by atoms with Crippen molar-refractivity contribution < 1.29 is 32.3 Å². The summed E-state index contributed by atoms with van der Waals surface area (Å²) in [5, 5.41) is 3.27. The maximum Gasteiger partial charge on any atom is 0.264 e. The van der Waals surface area contributed by atoms with Gasteiger partial charge in [0.05, 0.1) is 23.6 Å². The number of allylic oxidation sites excluding steroid dienone is 1. The molecule has 2 aliphatic carbocycles. The van der Waals surface area contributed by atoms with E-state index < -0.39 is 32.2 Å². The summed E-state index contributed by atoms with van der Waals surface area (Å²) in [7, 11) is -2.56. The van der Waals surface area contributed by atoms with Crippen molar-refractivity contribution in [3.8, 4) is 5.75 Å². The van der Waals surface area contributed by atoms with E-state index in [1.807, 2.05) is 30.0 Å². The Bertz CT molecular complexity index is 2120. The molecular weight excluding hydrogens is 778 g/mol. The third-order valence-electron chi connectivity index (χ3n) is 14.7. The van der Waals surface area contributed by atoms with Crippen LogP contribution in [0.25, 0.3) is 0 Å². The Morgan fingerprint density at radius 2 is 1.93 bits per heavy atom. The van der Waals surface area contributed by atoms with Crippen molar-refractivity contribution in [2.24, 2.45) is 17.3 Å². The lowest BCUT2D eigenvalue weighted by atomic mass is 9.54. The van der Waals surface area contributed by atoms with Crippen molar-refractivity contribution in [1.29, 1.82) is 0 Å². The van der Waals surface area contributed by atoms with E-state index in [-0.39, 0.29) is 40.8 Å². The largest absolute Gasteiger partial charge is 0.490 e. The Labute approximate surface area is 348 Å². The van der Waals surface area contributed by atoms with Gasteiger partial charge in [-0.25, -0.2) is 13.1 Å². The van der Waals surface area contributed by atoms with Gasteiger partial charge in [0.2, 0.25) is 15.9 Å². The lowest BCUT2D eigenvalue weighted by Gasteiger charge is -2.55. The minimum absolute atomic E-state index is 0.0281. The second-order valence-corrected chi connectivity index (χ2v) is 20.7. The number of nitrogens with one attached hydrogen (secondary N) is 2. The Morgan fingerprint density at radius 1 is 1.12 bits per heavy atom. The fraction of sp³-hybridized carbons (Fsp3) is 0.614. The minimum atomic E-state index is -4.13. The molecule has 8 rings (SSSR count). The van der Waals surface area contributed by atoms with Crippen LogP contribution in [0.15, 0.2) is 42.5 Å². The summed E-state index contributed by atoms with van der Waals surface area (Å²) in [5.74, 6) is -0.631. The van der Waals surface area contributed by atoms with Crippen LogP contribution < -0.4 is 19.7 Å². The lowest BCUT2D eigenvalue weighted by molar-refractivity contribution is -0.145. The number of sulfonamides is 1. The molecule has 58 heavy (non-hydrogen) atoms. The molecule has 314 valence electrons. The first-order valence-corrected chi connectivity index (χ1v) is 22.9. The molecule has 2 amide bonds. The second-order valence-electron chi connectivity index (χ2n) is 18.2. The molecule has 14 heteroatoms. The average Bonchev–Trinajstić information content (AvgIpc) is 3.34. The molecule has 2 bridgehead atoms. The van der Waals surface area contributed by atoms with Gasteiger partial charge < -0.3 is 24.6 Å². The summed E-state index contributed by atoms with van der Waals surface area (Å²) >= 11 is 6.58. The van der Waals surface area contributed by atoms with Crippen molar-refractivity contribution in [1.82, 2.24) is 19.8 Å². The van der Waals surface area contributed by atoms with E-state index in [1.54, 1.807) is 33.1 Å². The molecule has 2 N–H and O–H groups in total. The molecule has 1 saturated carbocycles. The summed E-state index contributed by atoms with van der Waals surface area (Å²) in [6.07, 6.45) is 9.32. The Morgan fingerprint density at radius 3 is 2.66 bits per heavy atom. The number of halogens is 1. The highest BCUT2D eigenvalue weighted by atomic mass is 35.5. The van der Waals surface area contributed by atoms with Crippen LogP contribution in [0.3, 0.4) is 0 Å². The zero-order chi connectivity index (χ0) is 41.2. The van der Waals surface area contributed by atoms with Gasteiger partial charge in [-0.1, -0.05) is 37.6 Å². The molecule has 1 spiro atoms. The molecule has 0 aromatic heterocycles. The summed E-state index contributed by atoms with van der Waals surface area (Å²) < 4.78 is 43.7. The first-order valence-electron chi connectivity index (χ1n) is 20.9. The van der Waals surface area contributed by atoms with E-state index in [4.69, 9.17) is 21.1 Å². The summed E-state index contributed by atoms with van der Waals surface area (Å²) in [6, 6.07) is 9.47. The number of aldehydes is 1. The van der Waals surface area contributed by atoms with Gasteiger partial charge in [0.15, 0.2) is 6.29 Å². The number of benzene rings is 2. The number of anilines is 1. The number of carbonyl (C=O) groups excluding carboxylic acids is 3. The standard InChI is InChI=1S/C44H58ClN5O7S/c1-28-8-6-14-44(26-51,56-5)39-12-15-42(39,4)24-49-25-43(13-7-9-31-18-33(45)10-11-36(31)43)27-57-40-35(19-32(20-37(40)49)41(53)47-58(54,55)29(28)2)38-23-48(30(3)52)22-34-21-46-16-17-50(34)38/h6,10-11,14,18-20,26,28-29,34,38-39,46H,7-9,12-13,15-17,21-25,27H2,1-5H3,(H,47,53)/b14-6+/t28-,29+,34-,38?,39+,42?,43-,44-/m0/s1. The molecule has 0 radical (unpaired) electrons. The highest BCUT2D eigenvalue weighted by molar-refractivity contribution is 7.90. The first kappa shape index (κ1) is 41.3. The number of hydrogen-bond acceptors (Lipinski definition) is 10.